The molecule has 0 saturated heterocycles. The van der Waals surface area contributed by atoms with Gasteiger partial charge >= 0.3 is 0 Å². The molecule has 0 aromatic carbocycles. The molecular weight excluding hydrogens is 156 g/mol. The Morgan fingerprint density at radius 3 is 3.00 bits per heavy atom. The molecule has 1 heterocycles. The Morgan fingerprint density at radius 1 is 1.67 bits per heavy atom. The molecule has 0 unspecified atom stereocenters. The smallest absolute Gasteiger partial charge is 0.180 e. The fourth-order valence-electron chi connectivity index (χ4n) is 1.15. The maximum atomic E-state index is 8.98. The highest BCUT2D eigenvalue weighted by Gasteiger charge is 2.41. The van der Waals surface area contributed by atoms with Crippen molar-refractivity contribution in [2.24, 2.45) is 0 Å². The van der Waals surface area contributed by atoms with E-state index in [1.165, 1.54) is 6.39 Å². The minimum absolute atomic E-state index is 0.0210. The van der Waals surface area contributed by atoms with E-state index in [1.54, 1.807) is 6.20 Å². The SMILES string of the molecule is OCC1(NCc2cnco2)CC1. The summed E-state index contributed by atoms with van der Waals surface area (Å²) in [5.41, 5.74) is -0.0210. The van der Waals surface area contributed by atoms with E-state index in [0.717, 1.165) is 18.6 Å². The molecule has 4 nitrogen and oxygen atoms in total. The van der Waals surface area contributed by atoms with Crippen LogP contribution >= 0.6 is 0 Å². The molecule has 0 radical (unpaired) electrons. The van der Waals surface area contributed by atoms with E-state index in [1.807, 2.05) is 0 Å². The number of aliphatic hydroxyl groups is 1. The van der Waals surface area contributed by atoms with Crippen molar-refractivity contribution in [1.82, 2.24) is 10.3 Å². The van der Waals surface area contributed by atoms with E-state index in [9.17, 15) is 0 Å². The molecule has 2 rings (SSSR count). The van der Waals surface area contributed by atoms with Gasteiger partial charge in [0.1, 0.15) is 5.76 Å². The van der Waals surface area contributed by atoms with Gasteiger partial charge in [-0.25, -0.2) is 4.98 Å². The van der Waals surface area contributed by atoms with Crippen LogP contribution < -0.4 is 5.32 Å². The Hall–Kier alpha value is -0.870. The van der Waals surface area contributed by atoms with Crippen molar-refractivity contribution < 1.29 is 9.52 Å². The molecule has 2 N–H and O–H groups in total. The highest BCUT2D eigenvalue weighted by Crippen LogP contribution is 2.34. The number of rotatable bonds is 4. The van der Waals surface area contributed by atoms with Crippen molar-refractivity contribution in [3.05, 3.63) is 18.4 Å². The topological polar surface area (TPSA) is 58.3 Å². The molecule has 0 atom stereocenters. The van der Waals surface area contributed by atoms with E-state index in [4.69, 9.17) is 9.52 Å². The summed E-state index contributed by atoms with van der Waals surface area (Å²) in [5, 5.41) is 12.2. The van der Waals surface area contributed by atoms with Gasteiger partial charge in [0.05, 0.1) is 19.3 Å². The lowest BCUT2D eigenvalue weighted by Crippen LogP contribution is -2.33. The van der Waals surface area contributed by atoms with Crippen LogP contribution in [0, 0.1) is 0 Å². The Kier molecular flexibility index (Phi) is 1.86. The van der Waals surface area contributed by atoms with Crippen molar-refractivity contribution in [2.75, 3.05) is 6.61 Å². The average Bonchev–Trinajstić information content (AvgIpc) is 2.70. The summed E-state index contributed by atoms with van der Waals surface area (Å²) >= 11 is 0. The van der Waals surface area contributed by atoms with Crippen molar-refractivity contribution in [2.45, 2.75) is 24.9 Å². The molecule has 12 heavy (non-hydrogen) atoms. The zero-order valence-electron chi connectivity index (χ0n) is 6.79. The predicted molar refractivity (Wildman–Crippen MR) is 42.4 cm³/mol. The van der Waals surface area contributed by atoms with E-state index < -0.39 is 0 Å². The number of nitrogens with zero attached hydrogens (tertiary/aromatic N) is 1. The van der Waals surface area contributed by atoms with Crippen LogP contribution in [-0.2, 0) is 6.54 Å². The molecule has 1 saturated carbocycles. The van der Waals surface area contributed by atoms with Gasteiger partial charge in [0.15, 0.2) is 6.39 Å². The van der Waals surface area contributed by atoms with Crippen molar-refractivity contribution in [3.8, 4) is 0 Å². The Balaban J connectivity index is 1.83. The first-order chi connectivity index (χ1) is 5.85. The second kappa shape index (κ2) is 2.88. The Morgan fingerprint density at radius 2 is 2.50 bits per heavy atom. The van der Waals surface area contributed by atoms with Gasteiger partial charge in [0.25, 0.3) is 0 Å². The summed E-state index contributed by atoms with van der Waals surface area (Å²) < 4.78 is 5.05. The number of oxazole rings is 1. The van der Waals surface area contributed by atoms with Gasteiger partial charge in [-0.3, -0.25) is 0 Å². The molecule has 66 valence electrons. The van der Waals surface area contributed by atoms with Crippen LogP contribution in [0.2, 0.25) is 0 Å². The van der Waals surface area contributed by atoms with Crippen molar-refractivity contribution in [3.63, 3.8) is 0 Å². The fraction of sp³-hybridized carbons (Fsp3) is 0.625. The Labute approximate surface area is 70.6 Å². The maximum absolute atomic E-state index is 8.98. The summed E-state index contributed by atoms with van der Waals surface area (Å²) in [4.78, 5) is 3.80. The zero-order valence-corrected chi connectivity index (χ0v) is 6.79. The average molecular weight is 168 g/mol. The van der Waals surface area contributed by atoms with E-state index in [-0.39, 0.29) is 12.1 Å². The molecular formula is C8H12N2O2. The first-order valence-electron chi connectivity index (χ1n) is 4.08. The van der Waals surface area contributed by atoms with Gasteiger partial charge in [0.2, 0.25) is 0 Å². The summed E-state index contributed by atoms with van der Waals surface area (Å²) in [5.74, 6) is 0.815. The number of hydrogen-bond donors (Lipinski definition) is 2. The van der Waals surface area contributed by atoms with Crippen molar-refractivity contribution in [1.29, 1.82) is 0 Å². The molecule has 4 heteroatoms. The standard InChI is InChI=1S/C8H12N2O2/c11-5-8(1-2-8)10-4-7-3-9-6-12-7/h3,6,10-11H,1-2,4-5H2. The monoisotopic (exact) mass is 168 g/mol. The summed E-state index contributed by atoms with van der Waals surface area (Å²) in [6.07, 6.45) is 5.20. The van der Waals surface area contributed by atoms with Gasteiger partial charge in [0, 0.05) is 5.54 Å². The van der Waals surface area contributed by atoms with Crippen LogP contribution in [0.3, 0.4) is 0 Å². The van der Waals surface area contributed by atoms with Crippen LogP contribution in [-0.4, -0.2) is 22.2 Å². The third-order valence-electron chi connectivity index (χ3n) is 2.28. The zero-order chi connectivity index (χ0) is 8.44. The number of aliphatic hydroxyl groups excluding tert-OH is 1. The van der Waals surface area contributed by atoms with E-state index in [2.05, 4.69) is 10.3 Å². The van der Waals surface area contributed by atoms with Gasteiger partial charge in [-0.05, 0) is 12.8 Å². The van der Waals surface area contributed by atoms with Crippen LogP contribution in [0.15, 0.2) is 17.0 Å². The molecule has 1 aliphatic rings. The second-order valence-corrected chi connectivity index (χ2v) is 3.26. The van der Waals surface area contributed by atoms with Crippen LogP contribution in [0.1, 0.15) is 18.6 Å². The molecule has 0 spiro atoms. The number of hydrogen-bond acceptors (Lipinski definition) is 4. The minimum atomic E-state index is -0.0210. The Bertz CT molecular complexity index is 242. The first-order valence-corrected chi connectivity index (χ1v) is 4.08. The van der Waals surface area contributed by atoms with Crippen LogP contribution in [0.25, 0.3) is 0 Å². The molecule has 1 aromatic rings. The summed E-state index contributed by atoms with van der Waals surface area (Å²) in [6, 6.07) is 0. The summed E-state index contributed by atoms with van der Waals surface area (Å²) in [6.45, 7) is 0.863. The van der Waals surface area contributed by atoms with Gasteiger partial charge in [-0.15, -0.1) is 0 Å². The maximum Gasteiger partial charge on any atom is 0.180 e. The lowest BCUT2D eigenvalue weighted by Gasteiger charge is -2.11. The first kappa shape index (κ1) is 7.76. The van der Waals surface area contributed by atoms with Crippen molar-refractivity contribution >= 4 is 0 Å². The second-order valence-electron chi connectivity index (χ2n) is 3.26. The normalized spacial score (nSPS) is 19.4. The number of aromatic nitrogens is 1. The molecule has 0 bridgehead atoms. The van der Waals surface area contributed by atoms with Gasteiger partial charge in [-0.2, -0.15) is 0 Å². The molecule has 1 aliphatic carbocycles. The fourth-order valence-corrected chi connectivity index (χ4v) is 1.15. The predicted octanol–water partition coefficient (Wildman–Crippen LogP) is 0.289. The van der Waals surface area contributed by atoms with Gasteiger partial charge < -0.3 is 14.8 Å². The quantitative estimate of drug-likeness (QED) is 0.678. The third-order valence-corrected chi connectivity index (χ3v) is 2.28. The highest BCUT2D eigenvalue weighted by atomic mass is 16.3. The highest BCUT2D eigenvalue weighted by molar-refractivity contribution is 5.03. The lowest BCUT2D eigenvalue weighted by atomic mass is 10.3. The number of nitrogens with one attached hydrogen (secondary N) is 1. The molecule has 1 fully saturated rings. The minimum Gasteiger partial charge on any atom is -0.447 e. The molecule has 0 aliphatic heterocycles. The van der Waals surface area contributed by atoms with Crippen LogP contribution in [0.4, 0.5) is 0 Å². The van der Waals surface area contributed by atoms with E-state index in [0.29, 0.717) is 6.54 Å². The molecule has 1 aromatic heterocycles. The van der Waals surface area contributed by atoms with E-state index >= 15 is 0 Å². The van der Waals surface area contributed by atoms with Crippen LogP contribution in [0.5, 0.6) is 0 Å². The third kappa shape index (κ3) is 1.49. The lowest BCUT2D eigenvalue weighted by molar-refractivity contribution is 0.227. The van der Waals surface area contributed by atoms with Gasteiger partial charge in [-0.1, -0.05) is 0 Å². The largest absolute Gasteiger partial charge is 0.447 e. The summed E-state index contributed by atoms with van der Waals surface area (Å²) in [7, 11) is 0. The molecule has 0 amide bonds.